The maximum atomic E-state index is 13.6. The summed E-state index contributed by atoms with van der Waals surface area (Å²) >= 11 is 0. The highest BCUT2D eigenvalue weighted by Crippen LogP contribution is 2.19. The van der Waals surface area contributed by atoms with Crippen molar-refractivity contribution >= 4 is 11.6 Å². The summed E-state index contributed by atoms with van der Waals surface area (Å²) in [6, 6.07) is 15.0. The predicted molar refractivity (Wildman–Crippen MR) is 85.5 cm³/mol. The minimum Gasteiger partial charge on any atom is -0.478 e. The molecule has 0 saturated heterocycles. The van der Waals surface area contributed by atoms with Gasteiger partial charge in [0, 0.05) is 5.69 Å². The molecule has 4 nitrogen and oxygen atoms in total. The summed E-state index contributed by atoms with van der Waals surface area (Å²) in [5, 5.41) is 11.4. The van der Waals surface area contributed by atoms with Crippen molar-refractivity contribution in [1.82, 2.24) is 0 Å². The number of hydrogen-bond acceptors (Lipinski definition) is 3. The summed E-state index contributed by atoms with van der Waals surface area (Å²) in [5.41, 5.74) is 1.48. The van der Waals surface area contributed by atoms with Crippen molar-refractivity contribution in [1.29, 1.82) is 5.26 Å². The highest BCUT2D eigenvalue weighted by Gasteiger charge is 2.19. The Labute approximate surface area is 134 Å². The lowest BCUT2D eigenvalue weighted by molar-refractivity contribution is -0.122. The number of carbonyl (C=O) groups excluding carboxylic acids is 1. The number of anilines is 1. The van der Waals surface area contributed by atoms with Gasteiger partial charge < -0.3 is 10.1 Å². The van der Waals surface area contributed by atoms with Crippen LogP contribution >= 0.6 is 0 Å². The summed E-state index contributed by atoms with van der Waals surface area (Å²) < 4.78 is 19.1. The van der Waals surface area contributed by atoms with Crippen molar-refractivity contribution in [3.8, 4) is 11.8 Å². The fourth-order valence-electron chi connectivity index (χ4n) is 2.04. The summed E-state index contributed by atoms with van der Waals surface area (Å²) in [4.78, 5) is 12.3. The third-order valence-corrected chi connectivity index (χ3v) is 3.27. The molecule has 1 atom stereocenters. The van der Waals surface area contributed by atoms with E-state index >= 15 is 0 Å². The quantitative estimate of drug-likeness (QED) is 0.885. The zero-order valence-electron chi connectivity index (χ0n) is 12.8. The molecule has 1 N–H and O–H groups in total. The SMILES string of the molecule is CC[C@H](Oc1ccccc1F)C(=O)Nc1ccc(CC#N)cc1. The minimum atomic E-state index is -0.786. The highest BCUT2D eigenvalue weighted by atomic mass is 19.1. The van der Waals surface area contributed by atoms with Gasteiger partial charge in [-0.15, -0.1) is 0 Å². The lowest BCUT2D eigenvalue weighted by Crippen LogP contribution is -2.32. The number of amides is 1. The van der Waals surface area contributed by atoms with E-state index in [-0.39, 0.29) is 11.7 Å². The first-order chi connectivity index (χ1) is 11.1. The summed E-state index contributed by atoms with van der Waals surface area (Å²) in [6.45, 7) is 1.79. The summed E-state index contributed by atoms with van der Waals surface area (Å²) in [7, 11) is 0. The maximum Gasteiger partial charge on any atom is 0.265 e. The molecule has 0 aliphatic heterocycles. The van der Waals surface area contributed by atoms with E-state index in [1.165, 1.54) is 12.1 Å². The molecule has 1 amide bonds. The van der Waals surface area contributed by atoms with Crippen molar-refractivity contribution in [2.75, 3.05) is 5.32 Å². The van der Waals surface area contributed by atoms with E-state index in [9.17, 15) is 9.18 Å². The number of benzene rings is 2. The first-order valence-corrected chi connectivity index (χ1v) is 7.32. The molecule has 0 spiro atoms. The first-order valence-electron chi connectivity index (χ1n) is 7.32. The van der Waals surface area contributed by atoms with Gasteiger partial charge in [0.2, 0.25) is 0 Å². The molecule has 0 aliphatic rings. The van der Waals surface area contributed by atoms with Gasteiger partial charge in [0.05, 0.1) is 12.5 Å². The normalized spacial score (nSPS) is 11.3. The number of nitrogens with zero attached hydrogens (tertiary/aromatic N) is 1. The second-order valence-corrected chi connectivity index (χ2v) is 4.97. The molecule has 2 rings (SSSR count). The van der Waals surface area contributed by atoms with E-state index in [1.807, 2.05) is 0 Å². The number of ether oxygens (including phenoxy) is 1. The number of para-hydroxylation sites is 1. The van der Waals surface area contributed by atoms with Crippen LogP contribution in [0, 0.1) is 17.1 Å². The van der Waals surface area contributed by atoms with Crippen molar-refractivity contribution in [2.45, 2.75) is 25.9 Å². The molecule has 23 heavy (non-hydrogen) atoms. The number of nitrogens with one attached hydrogen (secondary N) is 1. The molecule has 2 aromatic carbocycles. The molecule has 0 bridgehead atoms. The van der Waals surface area contributed by atoms with Gasteiger partial charge >= 0.3 is 0 Å². The number of rotatable bonds is 6. The Bertz CT molecular complexity index is 708. The van der Waals surface area contributed by atoms with Crippen LogP contribution in [0.1, 0.15) is 18.9 Å². The van der Waals surface area contributed by atoms with Crippen LogP contribution in [0.25, 0.3) is 0 Å². The van der Waals surface area contributed by atoms with Crippen molar-refractivity contribution in [2.24, 2.45) is 0 Å². The van der Waals surface area contributed by atoms with Gasteiger partial charge in [0.15, 0.2) is 17.7 Å². The third-order valence-electron chi connectivity index (χ3n) is 3.27. The molecule has 118 valence electrons. The van der Waals surface area contributed by atoms with Crippen LogP contribution in [-0.2, 0) is 11.2 Å². The van der Waals surface area contributed by atoms with Gasteiger partial charge in [-0.1, -0.05) is 31.2 Å². The molecule has 0 unspecified atom stereocenters. The fourth-order valence-corrected chi connectivity index (χ4v) is 2.04. The van der Waals surface area contributed by atoms with E-state index in [2.05, 4.69) is 11.4 Å². The lowest BCUT2D eigenvalue weighted by Gasteiger charge is -2.17. The molecule has 2 aromatic rings. The molecule has 0 heterocycles. The van der Waals surface area contributed by atoms with Crippen LogP contribution in [0.5, 0.6) is 5.75 Å². The van der Waals surface area contributed by atoms with Gasteiger partial charge in [-0.05, 0) is 36.2 Å². The molecule has 0 saturated carbocycles. The standard InChI is InChI=1S/C18H17FN2O2/c1-2-16(23-17-6-4-3-5-15(17)19)18(22)21-14-9-7-13(8-10-14)11-12-20/h3-10,16H,2,11H2,1H3,(H,21,22)/t16-/m0/s1. The van der Waals surface area contributed by atoms with Crippen LogP contribution in [0.3, 0.4) is 0 Å². The number of nitriles is 1. The topological polar surface area (TPSA) is 62.1 Å². The molecule has 5 heteroatoms. The second-order valence-electron chi connectivity index (χ2n) is 4.97. The fraction of sp³-hybridized carbons (Fsp3) is 0.222. The Morgan fingerprint density at radius 2 is 1.96 bits per heavy atom. The van der Waals surface area contributed by atoms with Gasteiger partial charge in [-0.3, -0.25) is 4.79 Å². The smallest absolute Gasteiger partial charge is 0.265 e. The minimum absolute atomic E-state index is 0.0545. The van der Waals surface area contributed by atoms with E-state index in [0.29, 0.717) is 18.5 Å². The second kappa shape index (κ2) is 7.95. The summed E-state index contributed by atoms with van der Waals surface area (Å²) in [5.74, 6) is -0.790. The lowest BCUT2D eigenvalue weighted by atomic mass is 10.1. The van der Waals surface area contributed by atoms with Crippen LogP contribution in [0.15, 0.2) is 48.5 Å². The van der Waals surface area contributed by atoms with E-state index in [0.717, 1.165) is 5.56 Å². The Kier molecular flexibility index (Phi) is 5.70. The van der Waals surface area contributed by atoms with E-state index in [4.69, 9.17) is 10.00 Å². The monoisotopic (exact) mass is 312 g/mol. The Balaban J connectivity index is 2.02. The van der Waals surface area contributed by atoms with Crippen LogP contribution in [0.4, 0.5) is 10.1 Å². The van der Waals surface area contributed by atoms with Crippen LogP contribution < -0.4 is 10.1 Å². The average Bonchev–Trinajstić information content (AvgIpc) is 2.56. The van der Waals surface area contributed by atoms with Crippen molar-refractivity contribution in [3.05, 3.63) is 59.9 Å². The Morgan fingerprint density at radius 3 is 2.57 bits per heavy atom. The Morgan fingerprint density at radius 1 is 1.26 bits per heavy atom. The van der Waals surface area contributed by atoms with Crippen LogP contribution in [0.2, 0.25) is 0 Å². The number of hydrogen-bond donors (Lipinski definition) is 1. The maximum absolute atomic E-state index is 13.6. The van der Waals surface area contributed by atoms with E-state index in [1.54, 1.807) is 43.3 Å². The Hall–Kier alpha value is -2.87. The molecule has 0 fully saturated rings. The zero-order chi connectivity index (χ0) is 16.7. The zero-order valence-corrected chi connectivity index (χ0v) is 12.8. The predicted octanol–water partition coefficient (Wildman–Crippen LogP) is 3.69. The molecule has 0 aliphatic carbocycles. The molecule has 0 aromatic heterocycles. The molecular formula is C18H17FN2O2. The molecular weight excluding hydrogens is 295 g/mol. The van der Waals surface area contributed by atoms with E-state index < -0.39 is 11.9 Å². The number of halogens is 1. The highest BCUT2D eigenvalue weighted by molar-refractivity contribution is 5.94. The first kappa shape index (κ1) is 16.5. The van der Waals surface area contributed by atoms with Gasteiger partial charge in [-0.2, -0.15) is 5.26 Å². The van der Waals surface area contributed by atoms with Crippen molar-refractivity contribution in [3.63, 3.8) is 0 Å². The van der Waals surface area contributed by atoms with Gasteiger partial charge in [-0.25, -0.2) is 4.39 Å². The van der Waals surface area contributed by atoms with Gasteiger partial charge in [0.25, 0.3) is 5.91 Å². The molecule has 0 radical (unpaired) electrons. The summed E-state index contributed by atoms with van der Waals surface area (Å²) in [6.07, 6.45) is -0.0554. The third kappa shape index (κ3) is 4.55. The van der Waals surface area contributed by atoms with Crippen molar-refractivity contribution < 1.29 is 13.9 Å². The van der Waals surface area contributed by atoms with Gasteiger partial charge in [0.1, 0.15) is 0 Å². The largest absolute Gasteiger partial charge is 0.478 e. The number of carbonyl (C=O) groups is 1. The average molecular weight is 312 g/mol. The van der Waals surface area contributed by atoms with Crippen LogP contribution in [-0.4, -0.2) is 12.0 Å².